The van der Waals surface area contributed by atoms with E-state index in [9.17, 15) is 4.79 Å². The van der Waals surface area contributed by atoms with Crippen LogP contribution < -0.4 is 5.32 Å². The number of aromatic nitrogens is 5. The van der Waals surface area contributed by atoms with E-state index in [4.69, 9.17) is 11.6 Å². The van der Waals surface area contributed by atoms with E-state index in [0.29, 0.717) is 16.7 Å². The molecule has 2 aromatic heterocycles. The number of amides is 1. The lowest BCUT2D eigenvalue weighted by Crippen LogP contribution is -2.27. The molecule has 0 radical (unpaired) electrons. The average Bonchev–Trinajstić information content (AvgIpc) is 3.34. The van der Waals surface area contributed by atoms with Crippen LogP contribution in [0.25, 0.3) is 16.6 Å². The number of hydrogen-bond acceptors (Lipinski definition) is 5. The standard InChI is InChI=1S/C19H17ClN6OS/c20-14-4-3-5-15(10-14)26-19(23-24-25-26)28-12-18(27)21-9-8-13-11-22-17-7-2-1-6-16(13)17/h1-7,10-11,22H,8-9,12H2,(H,21,27). The molecule has 142 valence electrons. The van der Waals surface area contributed by atoms with Gasteiger partial charge in [-0.2, -0.15) is 4.68 Å². The van der Waals surface area contributed by atoms with Crippen LogP contribution in [0.1, 0.15) is 5.56 Å². The summed E-state index contributed by atoms with van der Waals surface area (Å²) in [7, 11) is 0. The van der Waals surface area contributed by atoms with Crippen molar-refractivity contribution in [1.82, 2.24) is 30.5 Å². The number of rotatable bonds is 7. The van der Waals surface area contributed by atoms with Gasteiger partial charge in [-0.1, -0.05) is 47.6 Å². The van der Waals surface area contributed by atoms with Crippen molar-refractivity contribution in [2.75, 3.05) is 12.3 Å². The zero-order chi connectivity index (χ0) is 19.3. The molecule has 0 bridgehead atoms. The normalized spacial score (nSPS) is 11.0. The molecule has 2 N–H and O–H groups in total. The van der Waals surface area contributed by atoms with Crippen LogP contribution in [0.5, 0.6) is 0 Å². The van der Waals surface area contributed by atoms with Crippen LogP contribution in [0.3, 0.4) is 0 Å². The van der Waals surface area contributed by atoms with Gasteiger partial charge in [-0.15, -0.1) is 5.10 Å². The lowest BCUT2D eigenvalue weighted by Gasteiger charge is -2.06. The van der Waals surface area contributed by atoms with E-state index >= 15 is 0 Å². The Bertz CT molecular complexity index is 1110. The molecular formula is C19H17ClN6OS. The SMILES string of the molecule is O=C(CSc1nnnn1-c1cccc(Cl)c1)NCCc1c[nH]c2ccccc12. The second-order valence-electron chi connectivity index (χ2n) is 6.10. The van der Waals surface area contributed by atoms with Crippen molar-refractivity contribution in [3.05, 3.63) is 65.3 Å². The fourth-order valence-electron chi connectivity index (χ4n) is 2.90. The zero-order valence-corrected chi connectivity index (χ0v) is 16.4. The Morgan fingerprint density at radius 3 is 3.00 bits per heavy atom. The van der Waals surface area contributed by atoms with Gasteiger partial charge < -0.3 is 10.3 Å². The average molecular weight is 413 g/mol. The van der Waals surface area contributed by atoms with Gasteiger partial charge in [0.25, 0.3) is 0 Å². The Hall–Kier alpha value is -2.84. The third kappa shape index (κ3) is 4.18. The quantitative estimate of drug-likeness (QED) is 0.455. The van der Waals surface area contributed by atoms with E-state index in [1.807, 2.05) is 36.5 Å². The third-order valence-corrected chi connectivity index (χ3v) is 5.37. The van der Waals surface area contributed by atoms with Crippen LogP contribution in [0.4, 0.5) is 0 Å². The number of para-hydroxylation sites is 1. The number of halogens is 1. The van der Waals surface area contributed by atoms with Gasteiger partial charge in [0.1, 0.15) is 0 Å². The number of H-pyrrole nitrogens is 1. The smallest absolute Gasteiger partial charge is 0.230 e. The van der Waals surface area contributed by atoms with Crippen molar-refractivity contribution < 1.29 is 4.79 Å². The van der Waals surface area contributed by atoms with Gasteiger partial charge in [0.2, 0.25) is 11.1 Å². The lowest BCUT2D eigenvalue weighted by atomic mass is 10.1. The largest absolute Gasteiger partial charge is 0.361 e. The molecule has 2 heterocycles. The summed E-state index contributed by atoms with van der Waals surface area (Å²) >= 11 is 7.30. The number of carbonyl (C=O) groups is 1. The van der Waals surface area contributed by atoms with E-state index in [0.717, 1.165) is 17.6 Å². The van der Waals surface area contributed by atoms with Crippen LogP contribution in [0.15, 0.2) is 59.9 Å². The van der Waals surface area contributed by atoms with Gasteiger partial charge in [0.15, 0.2) is 0 Å². The van der Waals surface area contributed by atoms with Crippen molar-refractivity contribution >= 4 is 40.2 Å². The van der Waals surface area contributed by atoms with Crippen LogP contribution >= 0.6 is 23.4 Å². The Labute approximate surface area is 170 Å². The van der Waals surface area contributed by atoms with E-state index in [-0.39, 0.29) is 11.7 Å². The Morgan fingerprint density at radius 1 is 1.21 bits per heavy atom. The second-order valence-corrected chi connectivity index (χ2v) is 7.48. The number of benzene rings is 2. The van der Waals surface area contributed by atoms with Crippen molar-refractivity contribution in [2.45, 2.75) is 11.6 Å². The first-order valence-electron chi connectivity index (χ1n) is 8.69. The molecule has 0 fully saturated rings. The number of fused-ring (bicyclic) bond motifs is 1. The minimum atomic E-state index is -0.0644. The molecule has 4 rings (SSSR count). The highest BCUT2D eigenvalue weighted by Gasteiger charge is 2.12. The summed E-state index contributed by atoms with van der Waals surface area (Å²) in [5.41, 5.74) is 3.04. The number of thioether (sulfide) groups is 1. The summed E-state index contributed by atoms with van der Waals surface area (Å²) in [5, 5.41) is 16.9. The molecule has 0 spiro atoms. The highest BCUT2D eigenvalue weighted by atomic mass is 35.5. The summed E-state index contributed by atoms with van der Waals surface area (Å²) in [4.78, 5) is 15.4. The monoisotopic (exact) mass is 412 g/mol. The Kier molecular flexibility index (Phi) is 5.59. The number of carbonyl (C=O) groups excluding carboxylic acids is 1. The van der Waals surface area contributed by atoms with Crippen molar-refractivity contribution in [2.24, 2.45) is 0 Å². The van der Waals surface area contributed by atoms with Gasteiger partial charge in [-0.25, -0.2) is 0 Å². The topological polar surface area (TPSA) is 88.5 Å². The third-order valence-electron chi connectivity index (χ3n) is 4.22. The number of aromatic amines is 1. The number of hydrogen-bond donors (Lipinski definition) is 2. The first kappa shape index (κ1) is 18.5. The van der Waals surface area contributed by atoms with Gasteiger partial charge in [0, 0.05) is 28.7 Å². The summed E-state index contributed by atoms with van der Waals surface area (Å²) in [6.45, 7) is 0.570. The van der Waals surface area contributed by atoms with Crippen LogP contribution in [0, 0.1) is 0 Å². The molecule has 2 aromatic carbocycles. The molecule has 0 unspecified atom stereocenters. The number of nitrogens with zero attached hydrogens (tertiary/aromatic N) is 4. The molecule has 0 aliphatic rings. The molecule has 4 aromatic rings. The fraction of sp³-hybridized carbons (Fsp3) is 0.158. The molecule has 7 nitrogen and oxygen atoms in total. The molecule has 1 amide bonds. The predicted molar refractivity (Wildman–Crippen MR) is 110 cm³/mol. The lowest BCUT2D eigenvalue weighted by molar-refractivity contribution is -0.118. The maximum absolute atomic E-state index is 12.2. The maximum atomic E-state index is 12.2. The Morgan fingerprint density at radius 2 is 2.11 bits per heavy atom. The molecule has 0 aliphatic carbocycles. The van der Waals surface area contributed by atoms with Crippen molar-refractivity contribution in [1.29, 1.82) is 0 Å². The van der Waals surface area contributed by atoms with E-state index in [2.05, 4.69) is 31.9 Å². The van der Waals surface area contributed by atoms with Gasteiger partial charge in [-0.3, -0.25) is 4.79 Å². The summed E-state index contributed by atoms with van der Waals surface area (Å²) in [6.07, 6.45) is 2.76. The molecule has 0 saturated carbocycles. The fourth-order valence-corrected chi connectivity index (χ4v) is 3.80. The molecule has 0 saturated heterocycles. The second kappa shape index (κ2) is 8.45. The number of nitrogens with one attached hydrogen (secondary N) is 2. The summed E-state index contributed by atoms with van der Waals surface area (Å²) in [6, 6.07) is 15.4. The molecule has 9 heteroatoms. The van der Waals surface area contributed by atoms with Gasteiger partial charge in [-0.05, 0) is 46.7 Å². The van der Waals surface area contributed by atoms with Crippen LogP contribution in [0.2, 0.25) is 5.02 Å². The zero-order valence-electron chi connectivity index (χ0n) is 14.8. The molecule has 28 heavy (non-hydrogen) atoms. The summed E-state index contributed by atoms with van der Waals surface area (Å²) < 4.78 is 1.57. The van der Waals surface area contributed by atoms with E-state index in [1.54, 1.807) is 16.8 Å². The molecule has 0 atom stereocenters. The van der Waals surface area contributed by atoms with Crippen molar-refractivity contribution in [3.8, 4) is 5.69 Å². The predicted octanol–water partition coefficient (Wildman–Crippen LogP) is 3.25. The maximum Gasteiger partial charge on any atom is 0.230 e. The molecular weight excluding hydrogens is 396 g/mol. The van der Waals surface area contributed by atoms with Crippen LogP contribution in [-0.4, -0.2) is 43.4 Å². The van der Waals surface area contributed by atoms with E-state index < -0.39 is 0 Å². The van der Waals surface area contributed by atoms with Crippen molar-refractivity contribution in [3.63, 3.8) is 0 Å². The van der Waals surface area contributed by atoms with E-state index in [1.165, 1.54) is 22.7 Å². The first-order valence-corrected chi connectivity index (χ1v) is 10.1. The Balaban J connectivity index is 1.30. The summed E-state index contributed by atoms with van der Waals surface area (Å²) in [5.74, 6) is 0.167. The minimum absolute atomic E-state index is 0.0644. The first-order chi connectivity index (χ1) is 13.7. The highest BCUT2D eigenvalue weighted by molar-refractivity contribution is 7.99. The van der Waals surface area contributed by atoms with Gasteiger partial charge in [0.05, 0.1) is 11.4 Å². The minimum Gasteiger partial charge on any atom is -0.361 e. The van der Waals surface area contributed by atoms with Gasteiger partial charge >= 0.3 is 0 Å². The van der Waals surface area contributed by atoms with Crippen LogP contribution in [-0.2, 0) is 11.2 Å². The number of tetrazole rings is 1. The molecule has 0 aliphatic heterocycles. The highest BCUT2D eigenvalue weighted by Crippen LogP contribution is 2.20.